The van der Waals surface area contributed by atoms with Crippen LogP contribution in [-0.4, -0.2) is 11.1 Å². The fourth-order valence-corrected chi connectivity index (χ4v) is 2.78. The Labute approximate surface area is 133 Å². The quantitative estimate of drug-likeness (QED) is 0.724. The predicted molar refractivity (Wildman–Crippen MR) is 89.6 cm³/mol. The molecule has 0 bridgehead atoms. The van der Waals surface area contributed by atoms with E-state index in [1.165, 1.54) is 0 Å². The Bertz CT molecular complexity index is 924. The summed E-state index contributed by atoms with van der Waals surface area (Å²) in [6.45, 7) is 1.85. The number of aromatic nitrogens is 1. The maximum absolute atomic E-state index is 12.3. The first kappa shape index (κ1) is 13.5. The summed E-state index contributed by atoms with van der Waals surface area (Å²) in [5.74, 6) is 0.583. The largest absolute Gasteiger partial charge is 0.360 e. The normalized spacial score (nSPS) is 14.8. The summed E-state index contributed by atoms with van der Waals surface area (Å²) in [7, 11) is 0. The van der Waals surface area contributed by atoms with E-state index in [4.69, 9.17) is 4.52 Å². The molecule has 2 aromatic carbocycles. The number of benzene rings is 2. The van der Waals surface area contributed by atoms with E-state index in [0.29, 0.717) is 11.3 Å². The summed E-state index contributed by atoms with van der Waals surface area (Å²) >= 11 is 0. The van der Waals surface area contributed by atoms with Gasteiger partial charge >= 0.3 is 0 Å². The number of hydrogen-bond donors (Lipinski definition) is 1. The van der Waals surface area contributed by atoms with Crippen LogP contribution in [0.4, 0.5) is 5.69 Å². The summed E-state index contributed by atoms with van der Waals surface area (Å²) in [6.07, 6.45) is 1.86. The van der Waals surface area contributed by atoms with E-state index in [0.717, 1.165) is 28.1 Å². The number of carbonyl (C=O) groups excluding carboxylic acids is 1. The van der Waals surface area contributed by atoms with Crippen LogP contribution in [0.2, 0.25) is 0 Å². The van der Waals surface area contributed by atoms with Crippen LogP contribution in [0, 0.1) is 6.92 Å². The van der Waals surface area contributed by atoms with E-state index in [-0.39, 0.29) is 5.91 Å². The van der Waals surface area contributed by atoms with Gasteiger partial charge in [0.1, 0.15) is 11.5 Å². The zero-order valence-electron chi connectivity index (χ0n) is 12.5. The third kappa shape index (κ3) is 2.25. The van der Waals surface area contributed by atoms with Gasteiger partial charge in [0.2, 0.25) is 0 Å². The molecule has 1 amide bonds. The van der Waals surface area contributed by atoms with Gasteiger partial charge in [-0.3, -0.25) is 4.79 Å². The van der Waals surface area contributed by atoms with E-state index in [9.17, 15) is 4.79 Å². The van der Waals surface area contributed by atoms with Crippen molar-refractivity contribution in [3.05, 3.63) is 71.5 Å². The number of para-hydroxylation sites is 1. The number of aryl methyl sites for hydroxylation is 1. The average molecular weight is 302 g/mol. The highest BCUT2D eigenvalue weighted by molar-refractivity contribution is 6.35. The highest BCUT2D eigenvalue weighted by Crippen LogP contribution is 2.35. The van der Waals surface area contributed by atoms with Crippen LogP contribution in [0.1, 0.15) is 16.9 Å². The first-order valence-corrected chi connectivity index (χ1v) is 7.38. The number of carbonyl (C=O) groups is 1. The van der Waals surface area contributed by atoms with Crippen LogP contribution >= 0.6 is 0 Å². The third-order valence-corrected chi connectivity index (χ3v) is 3.95. The van der Waals surface area contributed by atoms with Crippen LogP contribution in [0.25, 0.3) is 22.9 Å². The second kappa shape index (κ2) is 5.25. The van der Waals surface area contributed by atoms with Crippen molar-refractivity contribution < 1.29 is 9.32 Å². The maximum Gasteiger partial charge on any atom is 0.256 e. The molecule has 4 nitrogen and oxygen atoms in total. The van der Waals surface area contributed by atoms with Gasteiger partial charge in [0.15, 0.2) is 0 Å². The van der Waals surface area contributed by atoms with Gasteiger partial charge < -0.3 is 9.84 Å². The lowest BCUT2D eigenvalue weighted by Gasteiger charge is -2.00. The lowest BCUT2D eigenvalue weighted by molar-refractivity contribution is -0.110. The minimum Gasteiger partial charge on any atom is -0.360 e. The number of nitrogens with zero attached hydrogens (tertiary/aromatic N) is 1. The monoisotopic (exact) mass is 302 g/mol. The second-order valence-corrected chi connectivity index (χ2v) is 5.42. The fourth-order valence-electron chi connectivity index (χ4n) is 2.78. The number of amides is 1. The molecule has 1 aliphatic heterocycles. The number of hydrogen-bond acceptors (Lipinski definition) is 3. The first-order chi connectivity index (χ1) is 11.2. The molecule has 4 heteroatoms. The molecule has 1 aliphatic rings. The Morgan fingerprint density at radius 2 is 1.78 bits per heavy atom. The summed E-state index contributed by atoms with van der Waals surface area (Å²) in [4.78, 5) is 12.3. The van der Waals surface area contributed by atoms with Crippen LogP contribution in [-0.2, 0) is 4.79 Å². The van der Waals surface area contributed by atoms with Crippen molar-refractivity contribution in [3.8, 4) is 11.3 Å². The Morgan fingerprint density at radius 3 is 2.61 bits per heavy atom. The van der Waals surface area contributed by atoms with E-state index in [2.05, 4.69) is 10.5 Å². The van der Waals surface area contributed by atoms with Crippen molar-refractivity contribution in [2.45, 2.75) is 6.92 Å². The minimum absolute atomic E-state index is 0.106. The lowest BCUT2D eigenvalue weighted by Crippen LogP contribution is -2.03. The molecule has 2 heterocycles. The molecule has 0 atom stereocenters. The maximum atomic E-state index is 12.3. The van der Waals surface area contributed by atoms with Crippen LogP contribution < -0.4 is 5.32 Å². The minimum atomic E-state index is -0.106. The van der Waals surface area contributed by atoms with Crippen molar-refractivity contribution in [2.75, 3.05) is 5.32 Å². The molecular weight excluding hydrogens is 288 g/mol. The van der Waals surface area contributed by atoms with E-state index in [1.807, 2.05) is 67.6 Å². The molecule has 0 radical (unpaired) electrons. The van der Waals surface area contributed by atoms with Crippen LogP contribution in [0.5, 0.6) is 0 Å². The fraction of sp³-hybridized carbons (Fsp3) is 0.0526. The Balaban J connectivity index is 1.87. The summed E-state index contributed by atoms with van der Waals surface area (Å²) in [5, 5.41) is 7.04. The molecule has 23 heavy (non-hydrogen) atoms. The Hall–Kier alpha value is -3.14. The van der Waals surface area contributed by atoms with Gasteiger partial charge in [-0.25, -0.2) is 0 Å². The average Bonchev–Trinajstić information content (AvgIpc) is 3.10. The Kier molecular flexibility index (Phi) is 3.08. The zero-order valence-corrected chi connectivity index (χ0v) is 12.5. The van der Waals surface area contributed by atoms with Crippen LogP contribution in [0.3, 0.4) is 0 Å². The molecule has 4 rings (SSSR count). The summed E-state index contributed by atoms with van der Waals surface area (Å²) in [5.41, 5.74) is 4.90. The highest BCUT2D eigenvalue weighted by Gasteiger charge is 2.25. The molecule has 3 aromatic rings. The van der Waals surface area contributed by atoms with Gasteiger partial charge in [-0.1, -0.05) is 53.7 Å². The van der Waals surface area contributed by atoms with Gasteiger partial charge in [0.25, 0.3) is 5.91 Å². The van der Waals surface area contributed by atoms with Crippen molar-refractivity contribution in [3.63, 3.8) is 0 Å². The van der Waals surface area contributed by atoms with Gasteiger partial charge in [-0.05, 0) is 19.1 Å². The van der Waals surface area contributed by atoms with Gasteiger partial charge in [-0.2, -0.15) is 0 Å². The number of anilines is 1. The predicted octanol–water partition coefficient (Wildman–Crippen LogP) is 4.14. The molecule has 0 spiro atoms. The zero-order chi connectivity index (χ0) is 15.8. The number of nitrogens with one attached hydrogen (secondary N) is 1. The number of fused-ring (bicyclic) bond motifs is 1. The number of rotatable bonds is 2. The second-order valence-electron chi connectivity index (χ2n) is 5.42. The molecule has 0 aliphatic carbocycles. The molecule has 0 saturated heterocycles. The van der Waals surface area contributed by atoms with Crippen LogP contribution in [0.15, 0.2) is 59.1 Å². The van der Waals surface area contributed by atoms with E-state index < -0.39 is 0 Å². The molecular formula is C19H14N2O2. The van der Waals surface area contributed by atoms with Gasteiger partial charge in [0.05, 0.1) is 0 Å². The summed E-state index contributed by atoms with van der Waals surface area (Å²) in [6, 6.07) is 17.5. The highest BCUT2D eigenvalue weighted by atomic mass is 16.5. The van der Waals surface area contributed by atoms with Gasteiger partial charge in [0, 0.05) is 28.0 Å². The molecule has 112 valence electrons. The molecule has 1 aromatic heterocycles. The Morgan fingerprint density at radius 1 is 1.04 bits per heavy atom. The molecule has 1 N–H and O–H groups in total. The smallest absolute Gasteiger partial charge is 0.256 e. The molecule has 0 fully saturated rings. The standard InChI is InChI=1S/C19H14N2O2/c1-12-15(18(21-23-12)13-7-3-2-4-8-13)11-16-14-9-5-6-10-17(14)20-19(16)22/h2-11H,1H3,(H,20,22)/b16-11+. The molecule has 0 unspecified atom stereocenters. The topological polar surface area (TPSA) is 55.1 Å². The SMILES string of the molecule is Cc1onc(-c2ccccc2)c1/C=C1/C(=O)Nc2ccccc21. The van der Waals surface area contributed by atoms with Crippen molar-refractivity contribution in [2.24, 2.45) is 0 Å². The van der Waals surface area contributed by atoms with Crippen molar-refractivity contribution in [1.29, 1.82) is 0 Å². The van der Waals surface area contributed by atoms with E-state index >= 15 is 0 Å². The van der Waals surface area contributed by atoms with E-state index in [1.54, 1.807) is 0 Å². The van der Waals surface area contributed by atoms with Crippen molar-refractivity contribution >= 4 is 23.2 Å². The molecule has 0 saturated carbocycles. The third-order valence-electron chi connectivity index (χ3n) is 3.95. The summed E-state index contributed by atoms with van der Waals surface area (Å²) < 4.78 is 5.36. The van der Waals surface area contributed by atoms with Crippen molar-refractivity contribution in [1.82, 2.24) is 5.16 Å². The first-order valence-electron chi connectivity index (χ1n) is 7.38. The van der Waals surface area contributed by atoms with Gasteiger partial charge in [-0.15, -0.1) is 0 Å². The lowest BCUT2D eigenvalue weighted by atomic mass is 10.0.